The molecule has 0 aromatic heterocycles. The maximum Gasteiger partial charge on any atom is 0.216 e. The summed E-state index contributed by atoms with van der Waals surface area (Å²) in [5.74, 6) is 0.715. The molecule has 110 valence electrons. The van der Waals surface area contributed by atoms with Crippen LogP contribution in [-0.4, -0.2) is 21.1 Å². The van der Waals surface area contributed by atoms with Gasteiger partial charge in [-0.1, -0.05) is 68.2 Å². The largest absolute Gasteiger partial charge is 0.481 e. The lowest BCUT2D eigenvalue weighted by Crippen LogP contribution is -2.31. The third-order valence-electron chi connectivity index (χ3n) is 3.40. The Morgan fingerprint density at radius 1 is 0.905 bits per heavy atom. The van der Waals surface area contributed by atoms with E-state index in [-0.39, 0.29) is 5.67 Å². The second kappa shape index (κ2) is 6.72. The van der Waals surface area contributed by atoms with Crippen molar-refractivity contribution in [1.82, 2.24) is 0 Å². The molecule has 0 aliphatic rings. The van der Waals surface area contributed by atoms with Gasteiger partial charge in [0, 0.05) is 5.56 Å². The lowest BCUT2D eigenvalue weighted by molar-refractivity contribution is 0.401. The average Bonchev–Trinajstić information content (AvgIpc) is 2.49. The number of hydrogen-bond acceptors (Lipinski definition) is 2. The second-order valence-corrected chi connectivity index (χ2v) is 11.5. The molecule has 2 aromatic carbocycles. The third-order valence-corrected chi connectivity index (χ3v) is 5.50. The number of nitrogens with zero attached hydrogens (tertiary/aromatic N) is 1. The number of methoxy groups -OCH3 is 1. The van der Waals surface area contributed by atoms with Crippen LogP contribution < -0.4 is 0 Å². The quantitative estimate of drug-likeness (QED) is 0.455. The van der Waals surface area contributed by atoms with Gasteiger partial charge in [0.05, 0.1) is 20.8 Å². The summed E-state index contributed by atoms with van der Waals surface area (Å²) in [4.78, 5) is 4.96. The Labute approximate surface area is 128 Å². The second-order valence-electron chi connectivity index (χ2n) is 6.18. The van der Waals surface area contributed by atoms with Crippen molar-refractivity contribution in [2.24, 2.45) is 4.99 Å². The molecular weight excluding hydrogens is 274 g/mol. The summed E-state index contributed by atoms with van der Waals surface area (Å²) in [7, 11) is 0.186. The Bertz CT molecular complexity index is 588. The van der Waals surface area contributed by atoms with E-state index >= 15 is 0 Å². The summed E-state index contributed by atoms with van der Waals surface area (Å²) >= 11 is 0. The van der Waals surface area contributed by atoms with E-state index in [1.807, 2.05) is 36.4 Å². The summed E-state index contributed by atoms with van der Waals surface area (Å²) in [5, 5.41) is 0. The summed E-state index contributed by atoms with van der Waals surface area (Å²) in [6, 6.07) is 20.6. The Morgan fingerprint density at radius 3 is 1.90 bits per heavy atom. The first-order chi connectivity index (χ1) is 10.0. The van der Waals surface area contributed by atoms with Gasteiger partial charge < -0.3 is 4.74 Å². The van der Waals surface area contributed by atoms with Crippen molar-refractivity contribution >= 4 is 14.0 Å². The Hall–Kier alpha value is -1.87. The molecule has 0 N–H and O–H groups in total. The molecule has 0 aliphatic carbocycles. The zero-order chi connectivity index (χ0) is 15.3. The van der Waals surface area contributed by atoms with Gasteiger partial charge in [-0.25, -0.2) is 4.99 Å². The molecule has 21 heavy (non-hydrogen) atoms. The summed E-state index contributed by atoms with van der Waals surface area (Å²) in [6.07, 6.45) is 0. The first kappa shape index (κ1) is 15.5. The minimum absolute atomic E-state index is 0.189. The van der Waals surface area contributed by atoms with Gasteiger partial charge in [0.15, 0.2) is 0 Å². The van der Waals surface area contributed by atoms with Crippen LogP contribution in [0.5, 0.6) is 0 Å². The van der Waals surface area contributed by atoms with Crippen molar-refractivity contribution < 1.29 is 4.74 Å². The standard InChI is InChI=1S/C18H23NOSi/c1-20-17(15-11-7-5-8-12-15)19-18(21(2,3)4)16-13-9-6-10-14-16/h5-14,18H,1-4H3/b19-17-. The normalized spacial score (nSPS) is 13.8. The summed E-state index contributed by atoms with van der Waals surface area (Å²) < 4.78 is 5.56. The number of hydrogen-bond donors (Lipinski definition) is 0. The highest BCUT2D eigenvalue weighted by Gasteiger charge is 2.28. The van der Waals surface area contributed by atoms with Gasteiger partial charge in [0.25, 0.3) is 0 Å². The molecule has 2 rings (SSSR count). The smallest absolute Gasteiger partial charge is 0.216 e. The number of ether oxygens (including phenoxy) is 1. The van der Waals surface area contributed by atoms with Crippen LogP contribution in [-0.2, 0) is 4.74 Å². The zero-order valence-corrected chi connectivity index (χ0v) is 14.2. The van der Waals surface area contributed by atoms with Gasteiger partial charge in [-0.2, -0.15) is 0 Å². The zero-order valence-electron chi connectivity index (χ0n) is 13.2. The molecule has 3 heteroatoms. The van der Waals surface area contributed by atoms with Crippen LogP contribution in [0.3, 0.4) is 0 Å². The first-order valence-electron chi connectivity index (χ1n) is 7.24. The molecule has 2 nitrogen and oxygen atoms in total. The van der Waals surface area contributed by atoms with E-state index < -0.39 is 8.07 Å². The Kier molecular flexibility index (Phi) is 4.97. The van der Waals surface area contributed by atoms with Crippen LogP contribution in [0.2, 0.25) is 19.6 Å². The van der Waals surface area contributed by atoms with Gasteiger partial charge in [-0.05, 0) is 17.7 Å². The predicted octanol–water partition coefficient (Wildman–Crippen LogP) is 4.70. The van der Waals surface area contributed by atoms with Crippen molar-refractivity contribution in [1.29, 1.82) is 0 Å². The van der Waals surface area contributed by atoms with Gasteiger partial charge in [-0.15, -0.1) is 0 Å². The van der Waals surface area contributed by atoms with Crippen molar-refractivity contribution in [3.8, 4) is 0 Å². The molecule has 0 spiro atoms. The Morgan fingerprint density at radius 2 is 1.43 bits per heavy atom. The number of aliphatic imine (C=N–C) groups is 1. The van der Waals surface area contributed by atoms with E-state index in [0.29, 0.717) is 5.90 Å². The molecule has 0 bridgehead atoms. The molecule has 1 unspecified atom stereocenters. The molecule has 0 aliphatic heterocycles. The molecule has 0 saturated heterocycles. The van der Waals surface area contributed by atoms with E-state index in [9.17, 15) is 0 Å². The van der Waals surface area contributed by atoms with Gasteiger partial charge in [0.2, 0.25) is 5.90 Å². The number of benzene rings is 2. The van der Waals surface area contributed by atoms with E-state index in [1.165, 1.54) is 5.56 Å². The molecule has 0 saturated carbocycles. The highest BCUT2D eigenvalue weighted by atomic mass is 28.3. The fourth-order valence-corrected chi connectivity index (χ4v) is 4.04. The minimum Gasteiger partial charge on any atom is -0.481 e. The van der Waals surface area contributed by atoms with Crippen molar-refractivity contribution in [2.75, 3.05) is 7.11 Å². The topological polar surface area (TPSA) is 21.6 Å². The van der Waals surface area contributed by atoms with E-state index in [4.69, 9.17) is 9.73 Å². The predicted molar refractivity (Wildman–Crippen MR) is 92.5 cm³/mol. The maximum atomic E-state index is 5.56. The fourth-order valence-electron chi connectivity index (χ4n) is 2.35. The van der Waals surface area contributed by atoms with Crippen LogP contribution in [0.1, 0.15) is 16.8 Å². The maximum absolute atomic E-state index is 5.56. The van der Waals surface area contributed by atoms with Crippen LogP contribution in [0.25, 0.3) is 0 Å². The van der Waals surface area contributed by atoms with E-state index in [2.05, 4.69) is 43.9 Å². The lowest BCUT2D eigenvalue weighted by Gasteiger charge is -2.26. The fraction of sp³-hybridized carbons (Fsp3) is 0.278. The molecular formula is C18H23NOSi. The molecule has 0 radical (unpaired) electrons. The molecule has 0 fully saturated rings. The van der Waals surface area contributed by atoms with Gasteiger partial charge >= 0.3 is 0 Å². The van der Waals surface area contributed by atoms with Crippen LogP contribution in [0, 0.1) is 0 Å². The lowest BCUT2D eigenvalue weighted by atomic mass is 10.2. The van der Waals surface area contributed by atoms with Gasteiger partial charge in [-0.3, -0.25) is 0 Å². The SMILES string of the molecule is CO/C(=N\C(c1ccccc1)[Si](C)(C)C)c1ccccc1. The van der Waals surface area contributed by atoms with E-state index in [1.54, 1.807) is 7.11 Å². The van der Waals surface area contributed by atoms with Gasteiger partial charge in [0.1, 0.15) is 0 Å². The highest BCUT2D eigenvalue weighted by molar-refractivity contribution is 6.77. The van der Waals surface area contributed by atoms with Crippen molar-refractivity contribution in [2.45, 2.75) is 25.3 Å². The molecule has 0 heterocycles. The van der Waals surface area contributed by atoms with Crippen LogP contribution >= 0.6 is 0 Å². The molecule has 0 amide bonds. The minimum atomic E-state index is -1.51. The number of rotatable bonds is 4. The van der Waals surface area contributed by atoms with Crippen LogP contribution in [0.15, 0.2) is 65.7 Å². The summed E-state index contributed by atoms with van der Waals surface area (Å²) in [5.41, 5.74) is 2.48. The molecule has 2 aromatic rings. The third kappa shape index (κ3) is 4.05. The monoisotopic (exact) mass is 297 g/mol. The van der Waals surface area contributed by atoms with Crippen LogP contribution in [0.4, 0.5) is 0 Å². The van der Waals surface area contributed by atoms with E-state index in [0.717, 1.165) is 5.56 Å². The molecule has 1 atom stereocenters. The average molecular weight is 297 g/mol. The van der Waals surface area contributed by atoms with Crippen molar-refractivity contribution in [3.63, 3.8) is 0 Å². The highest BCUT2D eigenvalue weighted by Crippen LogP contribution is 2.29. The van der Waals surface area contributed by atoms with Crippen molar-refractivity contribution in [3.05, 3.63) is 71.8 Å². The first-order valence-corrected chi connectivity index (χ1v) is 10.8. The Balaban J connectivity index is 2.45. The summed E-state index contributed by atoms with van der Waals surface area (Å²) in [6.45, 7) is 7.02.